The molecule has 0 amide bonds. The zero-order chi connectivity index (χ0) is 10.7. The van der Waals surface area contributed by atoms with Gasteiger partial charge in [-0.15, -0.1) is 0 Å². The number of hydrogen-bond donors (Lipinski definition) is 1. The normalized spacial score (nSPS) is 10.2. The Hall–Kier alpha value is -1.80. The first-order valence-electron chi connectivity index (χ1n) is 4.85. The molecule has 0 radical (unpaired) electrons. The average Bonchev–Trinajstić information content (AvgIpc) is 2.72. The van der Waals surface area contributed by atoms with E-state index in [9.17, 15) is 0 Å². The molecule has 1 aromatic heterocycles. The second-order valence-electron chi connectivity index (χ2n) is 3.29. The quantitative estimate of drug-likeness (QED) is 0.807. The molecule has 15 heavy (non-hydrogen) atoms. The number of nitrogens with zero attached hydrogens (tertiary/aromatic N) is 1. The lowest BCUT2D eigenvalue weighted by Crippen LogP contribution is -1.95. The molecule has 0 saturated heterocycles. The van der Waals surface area contributed by atoms with Gasteiger partial charge < -0.3 is 9.67 Å². The van der Waals surface area contributed by atoms with Gasteiger partial charge in [-0.3, -0.25) is 0 Å². The van der Waals surface area contributed by atoms with Gasteiger partial charge in [0.15, 0.2) is 0 Å². The lowest BCUT2D eigenvalue weighted by atomic mass is 10.1. The van der Waals surface area contributed by atoms with Crippen LogP contribution < -0.4 is 0 Å². The van der Waals surface area contributed by atoms with Crippen molar-refractivity contribution in [3.05, 3.63) is 54.7 Å². The number of aliphatic hydroxyl groups excluding tert-OH is 1. The lowest BCUT2D eigenvalue weighted by Gasteiger charge is -2.06. The van der Waals surface area contributed by atoms with Crippen molar-refractivity contribution >= 4 is 6.20 Å². The van der Waals surface area contributed by atoms with Gasteiger partial charge in [0.05, 0.1) is 12.3 Å². The van der Waals surface area contributed by atoms with E-state index in [1.165, 1.54) is 0 Å². The Labute approximate surface area is 89.1 Å². The molecular formula is C13H13NO. The van der Waals surface area contributed by atoms with Crippen LogP contribution in [0.1, 0.15) is 5.69 Å². The molecule has 1 heterocycles. The van der Waals surface area contributed by atoms with Crippen molar-refractivity contribution in [2.24, 2.45) is 0 Å². The van der Waals surface area contributed by atoms with E-state index in [4.69, 9.17) is 5.11 Å². The topological polar surface area (TPSA) is 25.2 Å². The Morgan fingerprint density at radius 1 is 1.13 bits per heavy atom. The van der Waals surface area contributed by atoms with Gasteiger partial charge in [0, 0.05) is 11.9 Å². The van der Waals surface area contributed by atoms with Crippen molar-refractivity contribution < 1.29 is 5.11 Å². The molecule has 76 valence electrons. The number of aliphatic hydroxyl groups is 1. The Morgan fingerprint density at radius 2 is 1.87 bits per heavy atom. The Bertz CT molecular complexity index is 457. The number of hydrogen-bond acceptors (Lipinski definition) is 1. The molecule has 0 bridgehead atoms. The van der Waals surface area contributed by atoms with Crippen molar-refractivity contribution in [1.29, 1.82) is 0 Å². The van der Waals surface area contributed by atoms with Gasteiger partial charge in [-0.05, 0) is 17.7 Å². The second kappa shape index (κ2) is 4.15. The summed E-state index contributed by atoms with van der Waals surface area (Å²) in [5, 5.41) is 9.14. The van der Waals surface area contributed by atoms with E-state index in [-0.39, 0.29) is 6.61 Å². The maximum atomic E-state index is 9.14. The van der Waals surface area contributed by atoms with Crippen LogP contribution in [-0.4, -0.2) is 9.67 Å². The third kappa shape index (κ3) is 1.72. The van der Waals surface area contributed by atoms with Gasteiger partial charge in [0.2, 0.25) is 0 Å². The van der Waals surface area contributed by atoms with E-state index >= 15 is 0 Å². The fourth-order valence-corrected chi connectivity index (χ4v) is 1.68. The third-order valence-electron chi connectivity index (χ3n) is 2.42. The SMILES string of the molecule is C=Cn1c(CO)ccc1-c1ccccc1. The summed E-state index contributed by atoms with van der Waals surface area (Å²) in [7, 11) is 0. The zero-order valence-corrected chi connectivity index (χ0v) is 8.43. The van der Waals surface area contributed by atoms with Crippen molar-refractivity contribution in [3.63, 3.8) is 0 Å². The standard InChI is InChI=1S/C13H13NO/c1-2-14-12(10-15)8-9-13(14)11-6-4-3-5-7-11/h2-9,15H,1,10H2. The van der Waals surface area contributed by atoms with Crippen LogP contribution in [0.15, 0.2) is 49.0 Å². The van der Waals surface area contributed by atoms with Gasteiger partial charge in [-0.25, -0.2) is 0 Å². The first kappa shape index (κ1) is 9.74. The fourth-order valence-electron chi connectivity index (χ4n) is 1.68. The van der Waals surface area contributed by atoms with Crippen molar-refractivity contribution in [3.8, 4) is 11.3 Å². The summed E-state index contributed by atoms with van der Waals surface area (Å²) in [6, 6.07) is 13.9. The number of rotatable bonds is 3. The summed E-state index contributed by atoms with van der Waals surface area (Å²) in [5.74, 6) is 0. The molecule has 2 nitrogen and oxygen atoms in total. The first-order chi connectivity index (χ1) is 7.36. The van der Waals surface area contributed by atoms with Crippen LogP contribution in [0.5, 0.6) is 0 Å². The molecule has 2 aromatic rings. The monoisotopic (exact) mass is 199 g/mol. The van der Waals surface area contributed by atoms with Gasteiger partial charge >= 0.3 is 0 Å². The maximum Gasteiger partial charge on any atom is 0.0836 e. The molecule has 1 N–H and O–H groups in total. The van der Waals surface area contributed by atoms with Gasteiger partial charge in [0.1, 0.15) is 0 Å². The molecule has 2 rings (SSSR count). The summed E-state index contributed by atoms with van der Waals surface area (Å²) < 4.78 is 1.90. The van der Waals surface area contributed by atoms with Crippen LogP contribution in [0, 0.1) is 0 Å². The Morgan fingerprint density at radius 3 is 2.47 bits per heavy atom. The van der Waals surface area contributed by atoms with Gasteiger partial charge in [0.25, 0.3) is 0 Å². The van der Waals surface area contributed by atoms with E-state index in [0.717, 1.165) is 17.0 Å². The lowest BCUT2D eigenvalue weighted by molar-refractivity contribution is 0.275. The molecule has 1 aromatic carbocycles. The van der Waals surface area contributed by atoms with E-state index in [1.54, 1.807) is 6.20 Å². The Kier molecular flexibility index (Phi) is 2.70. The predicted octanol–water partition coefficient (Wildman–Crippen LogP) is 2.75. The highest BCUT2D eigenvalue weighted by molar-refractivity contribution is 5.63. The summed E-state index contributed by atoms with van der Waals surface area (Å²) in [6.45, 7) is 3.78. The maximum absolute atomic E-state index is 9.14. The van der Waals surface area contributed by atoms with Crippen molar-refractivity contribution in [2.45, 2.75) is 6.61 Å². The smallest absolute Gasteiger partial charge is 0.0836 e. The molecule has 0 aliphatic carbocycles. The van der Waals surface area contributed by atoms with Crippen LogP contribution in [0.2, 0.25) is 0 Å². The van der Waals surface area contributed by atoms with Gasteiger partial charge in [-0.2, -0.15) is 0 Å². The second-order valence-corrected chi connectivity index (χ2v) is 3.29. The average molecular weight is 199 g/mol. The molecule has 0 fully saturated rings. The first-order valence-corrected chi connectivity index (χ1v) is 4.85. The molecule has 0 unspecified atom stereocenters. The molecule has 2 heteroatoms. The zero-order valence-electron chi connectivity index (χ0n) is 8.43. The number of aromatic nitrogens is 1. The van der Waals surface area contributed by atoms with Crippen LogP contribution in [0.4, 0.5) is 0 Å². The summed E-state index contributed by atoms with van der Waals surface area (Å²) in [5.41, 5.74) is 3.02. The summed E-state index contributed by atoms with van der Waals surface area (Å²) >= 11 is 0. The van der Waals surface area contributed by atoms with Crippen LogP contribution in [0.3, 0.4) is 0 Å². The van der Waals surface area contributed by atoms with Crippen molar-refractivity contribution in [2.75, 3.05) is 0 Å². The number of benzene rings is 1. The third-order valence-corrected chi connectivity index (χ3v) is 2.42. The molecule has 0 aliphatic heterocycles. The van der Waals surface area contributed by atoms with Gasteiger partial charge in [-0.1, -0.05) is 36.9 Å². The minimum absolute atomic E-state index is 0.0266. The molecular weight excluding hydrogens is 186 g/mol. The highest BCUT2D eigenvalue weighted by atomic mass is 16.3. The molecule has 0 spiro atoms. The van der Waals surface area contributed by atoms with E-state index < -0.39 is 0 Å². The highest BCUT2D eigenvalue weighted by Crippen LogP contribution is 2.22. The summed E-state index contributed by atoms with van der Waals surface area (Å²) in [4.78, 5) is 0. The van der Waals surface area contributed by atoms with E-state index in [2.05, 4.69) is 6.58 Å². The predicted molar refractivity (Wildman–Crippen MR) is 62.2 cm³/mol. The summed E-state index contributed by atoms with van der Waals surface area (Å²) in [6.07, 6.45) is 1.72. The largest absolute Gasteiger partial charge is 0.390 e. The fraction of sp³-hybridized carbons (Fsp3) is 0.0769. The van der Waals surface area contributed by atoms with E-state index in [1.807, 2.05) is 47.0 Å². The van der Waals surface area contributed by atoms with Crippen LogP contribution in [0.25, 0.3) is 17.5 Å². The van der Waals surface area contributed by atoms with Crippen LogP contribution >= 0.6 is 0 Å². The molecule has 0 atom stereocenters. The minimum atomic E-state index is 0.0266. The van der Waals surface area contributed by atoms with Crippen LogP contribution in [-0.2, 0) is 6.61 Å². The molecule has 0 aliphatic rings. The van der Waals surface area contributed by atoms with Crippen molar-refractivity contribution in [1.82, 2.24) is 4.57 Å². The highest BCUT2D eigenvalue weighted by Gasteiger charge is 2.05. The molecule has 0 saturated carbocycles. The Balaban J connectivity index is 2.54. The van der Waals surface area contributed by atoms with E-state index in [0.29, 0.717) is 0 Å². The minimum Gasteiger partial charge on any atom is -0.390 e.